The van der Waals surface area contributed by atoms with E-state index in [-0.39, 0.29) is 5.91 Å². The molecule has 0 saturated heterocycles. The molecule has 0 spiro atoms. The number of carbonyl (C=O) groups is 2. The maximum absolute atomic E-state index is 12.4. The lowest BCUT2D eigenvalue weighted by Crippen LogP contribution is -2.14. The largest absolute Gasteiger partial charge is 0.366 e. The molecule has 0 bridgehead atoms. The fourth-order valence-corrected chi connectivity index (χ4v) is 2.52. The van der Waals surface area contributed by atoms with Crippen molar-refractivity contribution in [1.82, 2.24) is 4.98 Å². The van der Waals surface area contributed by atoms with Crippen molar-refractivity contribution >= 4 is 29.1 Å². The lowest BCUT2D eigenvalue weighted by Gasteiger charge is -2.09. The first-order valence-electron chi connectivity index (χ1n) is 7.47. The maximum Gasteiger partial charge on any atom is 0.255 e. The van der Waals surface area contributed by atoms with Crippen molar-refractivity contribution in [3.8, 4) is 11.3 Å². The third kappa shape index (κ3) is 3.84. The van der Waals surface area contributed by atoms with Crippen LogP contribution in [0.4, 0.5) is 5.69 Å². The summed E-state index contributed by atoms with van der Waals surface area (Å²) in [5.41, 5.74) is 7.99. The lowest BCUT2D eigenvalue weighted by molar-refractivity contribution is 0.0995. The van der Waals surface area contributed by atoms with Crippen LogP contribution in [-0.2, 0) is 0 Å². The summed E-state index contributed by atoms with van der Waals surface area (Å²) in [5.74, 6) is -0.838. The number of anilines is 1. The molecule has 2 amide bonds. The molecular formula is C19H14ClN3O2. The number of nitrogens with zero attached hydrogens (tertiary/aromatic N) is 1. The van der Waals surface area contributed by atoms with Crippen molar-refractivity contribution in [1.29, 1.82) is 0 Å². The summed E-state index contributed by atoms with van der Waals surface area (Å²) in [6.07, 6.45) is 1.68. The molecule has 0 aliphatic heterocycles. The molecule has 5 nitrogen and oxygen atoms in total. The first kappa shape index (κ1) is 16.7. The Labute approximate surface area is 149 Å². The number of nitrogens with two attached hydrogens (primary N) is 1. The molecule has 2 aromatic carbocycles. The number of carbonyl (C=O) groups excluding carboxylic acids is 2. The van der Waals surface area contributed by atoms with Gasteiger partial charge in [0, 0.05) is 28.6 Å². The van der Waals surface area contributed by atoms with Gasteiger partial charge in [-0.3, -0.25) is 14.6 Å². The minimum absolute atomic E-state index is 0.301. The number of aromatic nitrogens is 1. The molecule has 0 unspecified atom stereocenters. The number of hydrogen-bond donors (Lipinski definition) is 2. The van der Waals surface area contributed by atoms with Crippen LogP contribution in [0.25, 0.3) is 11.3 Å². The van der Waals surface area contributed by atoms with Crippen molar-refractivity contribution in [2.45, 2.75) is 0 Å². The molecule has 1 aromatic heterocycles. The SMILES string of the molecule is NC(=O)c1ccc(C(=O)Nc2ccc(Cl)c(-c3ccccn3)c2)cc1. The maximum atomic E-state index is 12.4. The van der Waals surface area contributed by atoms with Crippen molar-refractivity contribution < 1.29 is 9.59 Å². The van der Waals surface area contributed by atoms with E-state index in [1.165, 1.54) is 12.1 Å². The number of pyridine rings is 1. The molecule has 25 heavy (non-hydrogen) atoms. The fraction of sp³-hybridized carbons (Fsp3) is 0. The number of halogens is 1. The van der Waals surface area contributed by atoms with Gasteiger partial charge in [0.2, 0.25) is 5.91 Å². The predicted molar refractivity (Wildman–Crippen MR) is 97.6 cm³/mol. The van der Waals surface area contributed by atoms with Crippen LogP contribution in [0.2, 0.25) is 5.02 Å². The van der Waals surface area contributed by atoms with Crippen molar-refractivity contribution in [2.75, 3.05) is 5.32 Å². The number of amides is 2. The Morgan fingerprint density at radius 3 is 2.32 bits per heavy atom. The van der Waals surface area contributed by atoms with Gasteiger partial charge in [-0.05, 0) is 54.6 Å². The molecule has 3 rings (SSSR count). The summed E-state index contributed by atoms with van der Waals surface area (Å²) in [7, 11) is 0. The molecule has 124 valence electrons. The van der Waals surface area contributed by atoms with E-state index in [0.29, 0.717) is 21.8 Å². The van der Waals surface area contributed by atoms with E-state index in [2.05, 4.69) is 10.3 Å². The topological polar surface area (TPSA) is 85.1 Å². The van der Waals surface area contributed by atoms with Crippen LogP contribution in [0, 0.1) is 0 Å². The monoisotopic (exact) mass is 351 g/mol. The summed E-state index contributed by atoms with van der Waals surface area (Å²) in [6, 6.07) is 16.8. The van der Waals surface area contributed by atoms with E-state index in [4.69, 9.17) is 17.3 Å². The van der Waals surface area contributed by atoms with Gasteiger partial charge in [0.15, 0.2) is 0 Å². The number of hydrogen-bond acceptors (Lipinski definition) is 3. The van der Waals surface area contributed by atoms with Crippen LogP contribution >= 0.6 is 11.6 Å². The van der Waals surface area contributed by atoms with Gasteiger partial charge in [-0.15, -0.1) is 0 Å². The zero-order valence-corrected chi connectivity index (χ0v) is 13.8. The zero-order chi connectivity index (χ0) is 17.8. The highest BCUT2D eigenvalue weighted by Gasteiger charge is 2.10. The standard InChI is InChI=1S/C19H14ClN3O2/c20-16-9-8-14(11-15(16)17-3-1-2-10-22-17)23-19(25)13-6-4-12(5-7-13)18(21)24/h1-11H,(H2,21,24)(H,23,25). The summed E-state index contributed by atoms with van der Waals surface area (Å²) < 4.78 is 0. The number of primary amides is 1. The van der Waals surface area contributed by atoms with Gasteiger partial charge in [-0.1, -0.05) is 17.7 Å². The molecule has 0 saturated carbocycles. The number of rotatable bonds is 4. The smallest absolute Gasteiger partial charge is 0.255 e. The van der Waals surface area contributed by atoms with Crippen LogP contribution in [0.5, 0.6) is 0 Å². The fourth-order valence-electron chi connectivity index (χ4n) is 2.31. The second-order valence-electron chi connectivity index (χ2n) is 5.31. The molecule has 0 aliphatic rings. The van der Waals surface area contributed by atoms with Crippen LogP contribution in [0.1, 0.15) is 20.7 Å². The number of benzene rings is 2. The molecule has 0 atom stereocenters. The lowest BCUT2D eigenvalue weighted by atomic mass is 10.1. The first-order valence-corrected chi connectivity index (χ1v) is 7.84. The highest BCUT2D eigenvalue weighted by molar-refractivity contribution is 6.33. The van der Waals surface area contributed by atoms with Gasteiger partial charge in [0.25, 0.3) is 5.91 Å². The summed E-state index contributed by atoms with van der Waals surface area (Å²) in [5, 5.41) is 3.35. The predicted octanol–water partition coefficient (Wildman–Crippen LogP) is 3.75. The highest BCUT2D eigenvalue weighted by atomic mass is 35.5. The van der Waals surface area contributed by atoms with E-state index in [9.17, 15) is 9.59 Å². The van der Waals surface area contributed by atoms with E-state index >= 15 is 0 Å². The average molecular weight is 352 g/mol. The Bertz CT molecular complexity index is 925. The zero-order valence-electron chi connectivity index (χ0n) is 13.1. The minimum Gasteiger partial charge on any atom is -0.366 e. The van der Waals surface area contributed by atoms with Gasteiger partial charge in [0.1, 0.15) is 0 Å². The molecule has 1 heterocycles. The van der Waals surface area contributed by atoms with Crippen LogP contribution in [0.15, 0.2) is 66.9 Å². The molecule has 0 radical (unpaired) electrons. The van der Waals surface area contributed by atoms with E-state index in [1.807, 2.05) is 18.2 Å². The van der Waals surface area contributed by atoms with Crippen LogP contribution in [0.3, 0.4) is 0 Å². The van der Waals surface area contributed by atoms with Crippen LogP contribution in [-0.4, -0.2) is 16.8 Å². The average Bonchev–Trinajstić information content (AvgIpc) is 2.64. The minimum atomic E-state index is -0.537. The number of nitrogens with one attached hydrogen (secondary N) is 1. The van der Waals surface area contributed by atoms with Gasteiger partial charge in [-0.2, -0.15) is 0 Å². The molecule has 0 aliphatic carbocycles. The molecule has 0 fully saturated rings. The Kier molecular flexibility index (Phi) is 4.77. The third-order valence-corrected chi connectivity index (χ3v) is 3.93. The molecule has 6 heteroatoms. The summed E-state index contributed by atoms with van der Waals surface area (Å²) in [4.78, 5) is 27.7. The summed E-state index contributed by atoms with van der Waals surface area (Å²) in [6.45, 7) is 0. The van der Waals surface area contributed by atoms with Crippen molar-refractivity contribution in [2.24, 2.45) is 5.73 Å². The van der Waals surface area contributed by atoms with Crippen molar-refractivity contribution in [3.63, 3.8) is 0 Å². The Morgan fingerprint density at radius 1 is 0.960 bits per heavy atom. The van der Waals surface area contributed by atoms with E-state index in [1.54, 1.807) is 36.5 Å². The molecular weight excluding hydrogens is 338 g/mol. The second-order valence-corrected chi connectivity index (χ2v) is 5.71. The Balaban J connectivity index is 1.83. The van der Waals surface area contributed by atoms with Crippen LogP contribution < -0.4 is 11.1 Å². The van der Waals surface area contributed by atoms with E-state index < -0.39 is 5.91 Å². The molecule has 3 aromatic rings. The quantitative estimate of drug-likeness (QED) is 0.750. The van der Waals surface area contributed by atoms with Gasteiger partial charge >= 0.3 is 0 Å². The normalized spacial score (nSPS) is 10.3. The van der Waals surface area contributed by atoms with Gasteiger partial charge in [-0.25, -0.2) is 0 Å². The van der Waals surface area contributed by atoms with Crippen molar-refractivity contribution in [3.05, 3.63) is 83.0 Å². The Morgan fingerprint density at radius 2 is 1.68 bits per heavy atom. The third-order valence-electron chi connectivity index (χ3n) is 3.60. The summed E-state index contributed by atoms with van der Waals surface area (Å²) >= 11 is 6.23. The molecule has 3 N–H and O–H groups in total. The van der Waals surface area contributed by atoms with Gasteiger partial charge < -0.3 is 11.1 Å². The van der Waals surface area contributed by atoms with Gasteiger partial charge in [0.05, 0.1) is 10.7 Å². The Hall–Kier alpha value is -3.18. The van der Waals surface area contributed by atoms with E-state index in [0.717, 1.165) is 11.3 Å². The first-order chi connectivity index (χ1) is 12.0. The second kappa shape index (κ2) is 7.15. The highest BCUT2D eigenvalue weighted by Crippen LogP contribution is 2.29.